The van der Waals surface area contributed by atoms with E-state index in [1.54, 1.807) is 0 Å². The molecule has 1 aliphatic heterocycles. The summed E-state index contributed by atoms with van der Waals surface area (Å²) in [4.78, 5) is 34.4. The Morgan fingerprint density at radius 1 is 1.56 bits per heavy atom. The second-order valence-corrected chi connectivity index (χ2v) is 4.51. The lowest BCUT2D eigenvalue weighted by atomic mass is 10.1. The molecule has 1 aliphatic rings. The van der Waals surface area contributed by atoms with Gasteiger partial charge in [-0.25, -0.2) is 9.59 Å². The lowest BCUT2D eigenvalue weighted by Gasteiger charge is -2.12. The van der Waals surface area contributed by atoms with E-state index < -0.39 is 17.2 Å². The molecule has 98 valence electrons. The van der Waals surface area contributed by atoms with Crippen molar-refractivity contribution in [1.82, 2.24) is 14.5 Å². The third-order valence-electron chi connectivity index (χ3n) is 3.20. The van der Waals surface area contributed by atoms with Gasteiger partial charge in [-0.15, -0.1) is 0 Å². The maximum Gasteiger partial charge on any atom is 0.342 e. The molecule has 7 nitrogen and oxygen atoms in total. The molecule has 1 atom stereocenters. The first-order valence-corrected chi connectivity index (χ1v) is 5.75. The molecule has 1 fully saturated rings. The Hall–Kier alpha value is -1.89. The summed E-state index contributed by atoms with van der Waals surface area (Å²) in [5, 5.41) is 12.1. The van der Waals surface area contributed by atoms with E-state index in [9.17, 15) is 14.4 Å². The predicted octanol–water partition coefficient (Wildman–Crippen LogP) is -1.15. The van der Waals surface area contributed by atoms with Crippen molar-refractivity contribution in [3.8, 4) is 0 Å². The highest BCUT2D eigenvalue weighted by Gasteiger charge is 2.19. The number of carboxylic acid groups (broad SMARTS) is 1. The van der Waals surface area contributed by atoms with Crippen LogP contribution in [0, 0.1) is 5.92 Å². The lowest BCUT2D eigenvalue weighted by molar-refractivity contribution is 0.0692. The van der Waals surface area contributed by atoms with E-state index in [-0.39, 0.29) is 5.56 Å². The zero-order chi connectivity index (χ0) is 13.3. The van der Waals surface area contributed by atoms with Crippen molar-refractivity contribution in [2.45, 2.75) is 13.0 Å². The van der Waals surface area contributed by atoms with Gasteiger partial charge in [0, 0.05) is 19.8 Å². The number of carbonyl (C=O) groups is 1. The number of nitrogens with zero attached hydrogens (tertiary/aromatic N) is 2. The Kier molecular flexibility index (Phi) is 3.33. The average Bonchev–Trinajstić information content (AvgIpc) is 2.82. The van der Waals surface area contributed by atoms with Gasteiger partial charge < -0.3 is 10.4 Å². The second-order valence-electron chi connectivity index (χ2n) is 4.51. The van der Waals surface area contributed by atoms with Gasteiger partial charge in [0.25, 0.3) is 5.56 Å². The number of aromatic nitrogens is 2. The minimum absolute atomic E-state index is 0.293. The van der Waals surface area contributed by atoms with Crippen LogP contribution < -0.4 is 16.6 Å². The summed E-state index contributed by atoms with van der Waals surface area (Å²) in [5.74, 6) is -1.02. The molecule has 1 aromatic heterocycles. The van der Waals surface area contributed by atoms with Crippen LogP contribution in [0.3, 0.4) is 0 Å². The quantitative estimate of drug-likeness (QED) is 0.710. The molecule has 0 radical (unpaired) electrons. The molecular weight excluding hydrogens is 238 g/mol. The van der Waals surface area contributed by atoms with Gasteiger partial charge in [0.2, 0.25) is 0 Å². The van der Waals surface area contributed by atoms with Crippen molar-refractivity contribution in [1.29, 1.82) is 0 Å². The monoisotopic (exact) mass is 253 g/mol. The first-order valence-electron chi connectivity index (χ1n) is 5.75. The van der Waals surface area contributed by atoms with E-state index in [2.05, 4.69) is 5.32 Å². The van der Waals surface area contributed by atoms with Gasteiger partial charge in [0.1, 0.15) is 5.56 Å². The molecule has 1 saturated heterocycles. The fourth-order valence-electron chi connectivity index (χ4n) is 2.15. The zero-order valence-electron chi connectivity index (χ0n) is 10.0. The minimum atomic E-state index is -1.31. The Morgan fingerprint density at radius 2 is 2.28 bits per heavy atom. The molecule has 0 bridgehead atoms. The molecule has 0 spiro atoms. The smallest absolute Gasteiger partial charge is 0.342 e. The molecular formula is C11H15N3O4. The fourth-order valence-corrected chi connectivity index (χ4v) is 2.15. The molecule has 2 N–H and O–H groups in total. The third-order valence-corrected chi connectivity index (χ3v) is 3.20. The van der Waals surface area contributed by atoms with Crippen LogP contribution in [0.5, 0.6) is 0 Å². The van der Waals surface area contributed by atoms with Gasteiger partial charge in [-0.2, -0.15) is 0 Å². The first kappa shape index (κ1) is 12.6. The van der Waals surface area contributed by atoms with E-state index in [1.807, 2.05) is 0 Å². The number of aromatic carboxylic acids is 1. The molecule has 1 aromatic rings. The fraction of sp³-hybridized carbons (Fsp3) is 0.545. The highest BCUT2D eigenvalue weighted by molar-refractivity contribution is 5.86. The van der Waals surface area contributed by atoms with Crippen LogP contribution >= 0.6 is 0 Å². The molecule has 2 rings (SSSR count). The lowest BCUT2D eigenvalue weighted by Crippen LogP contribution is -2.41. The maximum atomic E-state index is 11.9. The van der Waals surface area contributed by atoms with Crippen LogP contribution in [-0.2, 0) is 13.6 Å². The van der Waals surface area contributed by atoms with E-state index in [0.717, 1.165) is 30.3 Å². The van der Waals surface area contributed by atoms with Crippen LogP contribution in [-0.4, -0.2) is 33.3 Å². The molecule has 0 aliphatic carbocycles. The van der Waals surface area contributed by atoms with Gasteiger partial charge >= 0.3 is 11.7 Å². The summed E-state index contributed by atoms with van der Waals surface area (Å²) in [6.07, 6.45) is 2.09. The normalized spacial score (nSPS) is 19.1. The van der Waals surface area contributed by atoms with Crippen LogP contribution in [0.15, 0.2) is 15.8 Å². The van der Waals surface area contributed by atoms with Gasteiger partial charge in [-0.1, -0.05) is 0 Å². The van der Waals surface area contributed by atoms with Crippen molar-refractivity contribution >= 4 is 5.97 Å². The number of nitrogens with one attached hydrogen (secondary N) is 1. The van der Waals surface area contributed by atoms with E-state index in [1.165, 1.54) is 11.6 Å². The van der Waals surface area contributed by atoms with E-state index >= 15 is 0 Å². The summed E-state index contributed by atoms with van der Waals surface area (Å²) in [6, 6.07) is 0. The molecule has 0 aromatic carbocycles. The molecule has 18 heavy (non-hydrogen) atoms. The van der Waals surface area contributed by atoms with Crippen molar-refractivity contribution in [3.05, 3.63) is 32.6 Å². The van der Waals surface area contributed by atoms with E-state index in [0.29, 0.717) is 12.5 Å². The molecule has 0 amide bonds. The number of rotatable bonds is 3. The Balaban J connectivity index is 2.43. The summed E-state index contributed by atoms with van der Waals surface area (Å²) in [6.45, 7) is 2.13. The standard InChI is InChI=1S/C11H15N3O4/c1-13-9(15)8(10(16)17)6-14(11(13)18)5-7-2-3-12-4-7/h6-7,12H,2-5H2,1H3,(H,16,17)/t7-/m1/s1. The highest BCUT2D eigenvalue weighted by Crippen LogP contribution is 2.09. The number of hydrogen-bond donors (Lipinski definition) is 2. The summed E-state index contributed by atoms with van der Waals surface area (Å²) in [7, 11) is 1.29. The average molecular weight is 253 g/mol. The van der Waals surface area contributed by atoms with Crippen LogP contribution in [0.4, 0.5) is 0 Å². The van der Waals surface area contributed by atoms with Crippen molar-refractivity contribution in [2.75, 3.05) is 13.1 Å². The number of carboxylic acids is 1. The summed E-state index contributed by atoms with van der Waals surface area (Å²) >= 11 is 0. The Morgan fingerprint density at radius 3 is 2.83 bits per heavy atom. The number of hydrogen-bond acceptors (Lipinski definition) is 4. The largest absolute Gasteiger partial charge is 0.477 e. The predicted molar refractivity (Wildman–Crippen MR) is 63.9 cm³/mol. The van der Waals surface area contributed by atoms with Crippen molar-refractivity contribution < 1.29 is 9.90 Å². The molecule has 2 heterocycles. The molecule has 0 unspecified atom stereocenters. The van der Waals surface area contributed by atoms with E-state index in [4.69, 9.17) is 5.11 Å². The highest BCUT2D eigenvalue weighted by atomic mass is 16.4. The molecule has 7 heteroatoms. The van der Waals surface area contributed by atoms with Gasteiger partial charge in [-0.05, 0) is 25.4 Å². The second kappa shape index (κ2) is 4.77. The van der Waals surface area contributed by atoms with Crippen molar-refractivity contribution in [3.63, 3.8) is 0 Å². The maximum absolute atomic E-state index is 11.9. The molecule has 0 saturated carbocycles. The SMILES string of the molecule is Cn1c(=O)c(C(=O)O)cn(C[C@@H]2CCNC2)c1=O. The zero-order valence-corrected chi connectivity index (χ0v) is 10.0. The Bertz CT molecular complexity index is 581. The minimum Gasteiger partial charge on any atom is -0.477 e. The van der Waals surface area contributed by atoms with Crippen LogP contribution in [0.1, 0.15) is 16.8 Å². The first-order chi connectivity index (χ1) is 8.50. The third kappa shape index (κ3) is 2.21. The summed E-state index contributed by atoms with van der Waals surface area (Å²) < 4.78 is 2.15. The van der Waals surface area contributed by atoms with Crippen LogP contribution in [0.2, 0.25) is 0 Å². The van der Waals surface area contributed by atoms with Crippen LogP contribution in [0.25, 0.3) is 0 Å². The Labute approximate surface area is 103 Å². The summed E-state index contributed by atoms with van der Waals surface area (Å²) in [5.41, 5.74) is -1.62. The van der Waals surface area contributed by atoms with Crippen molar-refractivity contribution in [2.24, 2.45) is 13.0 Å². The van der Waals surface area contributed by atoms with Gasteiger partial charge in [-0.3, -0.25) is 13.9 Å². The van der Waals surface area contributed by atoms with Gasteiger partial charge in [0.15, 0.2) is 0 Å². The van der Waals surface area contributed by atoms with Gasteiger partial charge in [0.05, 0.1) is 0 Å². The topological polar surface area (TPSA) is 93.3 Å².